The van der Waals surface area contributed by atoms with Gasteiger partial charge in [0.25, 0.3) is 0 Å². The number of hydrogen-bond acceptors (Lipinski definition) is 5. The monoisotopic (exact) mass is 202 g/mol. The third-order valence-corrected chi connectivity index (χ3v) is 2.55. The molecule has 14 heavy (non-hydrogen) atoms. The van der Waals surface area contributed by atoms with Crippen LogP contribution in [0.1, 0.15) is 5.56 Å². The van der Waals surface area contributed by atoms with Crippen LogP contribution in [0.15, 0.2) is 23.7 Å². The average Bonchev–Trinajstić information content (AvgIpc) is 2.70. The van der Waals surface area contributed by atoms with Crippen LogP contribution >= 0.6 is 11.3 Å². The summed E-state index contributed by atoms with van der Waals surface area (Å²) in [5.74, 6) is 0.794. The minimum atomic E-state index is 0.228. The van der Waals surface area contributed by atoms with Crippen molar-refractivity contribution < 1.29 is 0 Å². The molecule has 0 unspecified atom stereocenters. The highest BCUT2D eigenvalue weighted by Gasteiger charge is 2.05. The maximum absolute atomic E-state index is 8.63. The Morgan fingerprint density at radius 1 is 1.50 bits per heavy atom. The van der Waals surface area contributed by atoms with Gasteiger partial charge in [0.05, 0.1) is 11.1 Å². The molecular formula is C9H6N4S. The van der Waals surface area contributed by atoms with Gasteiger partial charge in [-0.25, -0.2) is 9.97 Å². The number of thiophene rings is 1. The fourth-order valence-electron chi connectivity index (χ4n) is 1.01. The van der Waals surface area contributed by atoms with Gasteiger partial charge >= 0.3 is 0 Å². The normalized spacial score (nSPS) is 9.64. The summed E-state index contributed by atoms with van der Waals surface area (Å²) in [5.41, 5.74) is 5.88. The molecule has 5 heteroatoms. The smallest absolute Gasteiger partial charge is 0.171 e. The molecule has 0 aliphatic carbocycles. The standard InChI is InChI=1S/C9H6N4S/c10-4-6-5-12-9(13-8(6)11)7-2-1-3-14-7/h1-3,5H,(H2,11,12,13). The zero-order valence-electron chi connectivity index (χ0n) is 7.14. The van der Waals surface area contributed by atoms with Gasteiger partial charge in [-0.3, -0.25) is 0 Å². The highest BCUT2D eigenvalue weighted by atomic mass is 32.1. The van der Waals surface area contributed by atoms with Crippen molar-refractivity contribution >= 4 is 17.2 Å². The van der Waals surface area contributed by atoms with E-state index in [1.54, 1.807) is 0 Å². The number of aromatic nitrogens is 2. The Morgan fingerprint density at radius 3 is 2.93 bits per heavy atom. The van der Waals surface area contributed by atoms with Crippen molar-refractivity contribution in [1.29, 1.82) is 5.26 Å². The van der Waals surface area contributed by atoms with Crippen LogP contribution in [0.5, 0.6) is 0 Å². The van der Waals surface area contributed by atoms with E-state index in [2.05, 4.69) is 9.97 Å². The van der Waals surface area contributed by atoms with Crippen LogP contribution in [0.25, 0.3) is 10.7 Å². The number of rotatable bonds is 1. The molecule has 0 aliphatic rings. The Bertz CT molecular complexity index is 484. The Kier molecular flexibility index (Phi) is 2.13. The van der Waals surface area contributed by atoms with Crippen molar-refractivity contribution in [3.8, 4) is 16.8 Å². The first-order chi connectivity index (χ1) is 6.81. The van der Waals surface area contributed by atoms with Gasteiger partial charge in [-0.1, -0.05) is 6.07 Å². The van der Waals surface area contributed by atoms with E-state index in [-0.39, 0.29) is 5.82 Å². The second-order valence-electron chi connectivity index (χ2n) is 2.58. The fourth-order valence-corrected chi connectivity index (χ4v) is 1.67. The molecule has 68 valence electrons. The van der Waals surface area contributed by atoms with Gasteiger partial charge in [-0.15, -0.1) is 11.3 Å². The van der Waals surface area contributed by atoms with Gasteiger partial charge in [0.2, 0.25) is 0 Å². The molecule has 0 fully saturated rings. The maximum Gasteiger partial charge on any atom is 0.171 e. The molecule has 0 atom stereocenters. The fraction of sp³-hybridized carbons (Fsp3) is 0. The lowest BCUT2D eigenvalue weighted by molar-refractivity contribution is 1.18. The van der Waals surface area contributed by atoms with E-state index in [0.717, 1.165) is 4.88 Å². The molecule has 4 nitrogen and oxygen atoms in total. The van der Waals surface area contributed by atoms with E-state index in [1.165, 1.54) is 17.5 Å². The summed E-state index contributed by atoms with van der Waals surface area (Å²) in [6.07, 6.45) is 1.44. The molecule has 2 heterocycles. The molecule has 0 bridgehead atoms. The van der Waals surface area contributed by atoms with Crippen molar-refractivity contribution in [1.82, 2.24) is 9.97 Å². The Morgan fingerprint density at radius 2 is 2.36 bits per heavy atom. The van der Waals surface area contributed by atoms with Crippen molar-refractivity contribution in [2.24, 2.45) is 0 Å². The molecule has 2 aromatic rings. The topological polar surface area (TPSA) is 75.6 Å². The molecule has 0 spiro atoms. The SMILES string of the molecule is N#Cc1cnc(-c2cccs2)nc1N. The summed E-state index contributed by atoms with van der Waals surface area (Å²) in [6.45, 7) is 0. The molecule has 0 saturated heterocycles. The third-order valence-electron chi connectivity index (χ3n) is 1.68. The Hall–Kier alpha value is -1.93. The number of hydrogen-bond donors (Lipinski definition) is 1. The summed E-state index contributed by atoms with van der Waals surface area (Å²) < 4.78 is 0. The molecule has 2 aromatic heterocycles. The Balaban J connectivity index is 2.49. The largest absolute Gasteiger partial charge is 0.382 e. The van der Waals surface area contributed by atoms with E-state index in [0.29, 0.717) is 11.4 Å². The van der Waals surface area contributed by atoms with Crippen LogP contribution in [0.2, 0.25) is 0 Å². The maximum atomic E-state index is 8.63. The quantitative estimate of drug-likeness (QED) is 0.763. The zero-order chi connectivity index (χ0) is 9.97. The van der Waals surface area contributed by atoms with Gasteiger partial charge < -0.3 is 5.73 Å². The van der Waals surface area contributed by atoms with E-state index < -0.39 is 0 Å². The summed E-state index contributed by atoms with van der Waals surface area (Å²) in [7, 11) is 0. The van der Waals surface area contributed by atoms with Crippen molar-refractivity contribution in [3.63, 3.8) is 0 Å². The van der Waals surface area contributed by atoms with Crippen LogP contribution in [0.4, 0.5) is 5.82 Å². The predicted molar refractivity (Wildman–Crippen MR) is 54.5 cm³/mol. The number of nitriles is 1. The highest BCUT2D eigenvalue weighted by Crippen LogP contribution is 2.21. The minimum Gasteiger partial charge on any atom is -0.382 e. The average molecular weight is 202 g/mol. The van der Waals surface area contributed by atoms with Crippen LogP contribution in [-0.2, 0) is 0 Å². The second-order valence-corrected chi connectivity index (χ2v) is 3.53. The summed E-state index contributed by atoms with van der Waals surface area (Å²) >= 11 is 1.53. The van der Waals surface area contributed by atoms with Gasteiger partial charge in [0.1, 0.15) is 17.5 Å². The van der Waals surface area contributed by atoms with E-state index >= 15 is 0 Å². The van der Waals surface area contributed by atoms with E-state index in [4.69, 9.17) is 11.0 Å². The molecule has 0 aliphatic heterocycles. The number of nitrogens with two attached hydrogens (primary N) is 1. The lowest BCUT2D eigenvalue weighted by atomic mass is 10.3. The summed E-state index contributed by atoms with van der Waals surface area (Å²) in [4.78, 5) is 9.04. The highest BCUT2D eigenvalue weighted by molar-refractivity contribution is 7.13. The van der Waals surface area contributed by atoms with Gasteiger partial charge in [-0.2, -0.15) is 5.26 Å². The first-order valence-electron chi connectivity index (χ1n) is 3.88. The number of anilines is 1. The number of nitrogen functional groups attached to an aromatic ring is 1. The number of nitrogens with zero attached hydrogens (tertiary/aromatic N) is 3. The molecule has 2 N–H and O–H groups in total. The Labute approximate surface area is 84.7 Å². The van der Waals surface area contributed by atoms with Crippen molar-refractivity contribution in [2.75, 3.05) is 5.73 Å². The zero-order valence-corrected chi connectivity index (χ0v) is 7.95. The van der Waals surface area contributed by atoms with Crippen LogP contribution in [0, 0.1) is 11.3 Å². The van der Waals surface area contributed by atoms with Crippen LogP contribution in [0.3, 0.4) is 0 Å². The second kappa shape index (κ2) is 3.44. The molecule has 0 amide bonds. The van der Waals surface area contributed by atoms with Gasteiger partial charge in [0, 0.05) is 0 Å². The molecular weight excluding hydrogens is 196 g/mol. The summed E-state index contributed by atoms with van der Waals surface area (Å²) in [5, 5.41) is 10.6. The van der Waals surface area contributed by atoms with Gasteiger partial charge in [-0.05, 0) is 11.4 Å². The minimum absolute atomic E-state index is 0.228. The lowest BCUT2D eigenvalue weighted by Crippen LogP contribution is -1.97. The molecule has 0 saturated carbocycles. The van der Waals surface area contributed by atoms with Crippen molar-refractivity contribution in [2.45, 2.75) is 0 Å². The van der Waals surface area contributed by atoms with Crippen LogP contribution < -0.4 is 5.73 Å². The first-order valence-corrected chi connectivity index (χ1v) is 4.75. The molecule has 0 radical (unpaired) electrons. The molecule has 2 rings (SSSR count). The van der Waals surface area contributed by atoms with Crippen molar-refractivity contribution in [3.05, 3.63) is 29.3 Å². The first kappa shape index (κ1) is 8.66. The predicted octanol–water partition coefficient (Wildman–Crippen LogP) is 1.66. The third kappa shape index (κ3) is 1.43. The summed E-state index contributed by atoms with van der Waals surface area (Å²) in [6, 6.07) is 5.74. The van der Waals surface area contributed by atoms with Gasteiger partial charge in [0.15, 0.2) is 5.82 Å². The molecule has 0 aromatic carbocycles. The van der Waals surface area contributed by atoms with E-state index in [1.807, 2.05) is 23.6 Å². The lowest BCUT2D eigenvalue weighted by Gasteiger charge is -1.98. The van der Waals surface area contributed by atoms with Crippen LogP contribution in [-0.4, -0.2) is 9.97 Å². The van der Waals surface area contributed by atoms with E-state index in [9.17, 15) is 0 Å².